The topological polar surface area (TPSA) is 17.1 Å². The third-order valence-corrected chi connectivity index (χ3v) is 5.82. The Hall–Kier alpha value is -1.18. The van der Waals surface area contributed by atoms with Crippen LogP contribution >= 0.6 is 0 Å². The molecule has 152 valence electrons. The Labute approximate surface area is 166 Å². The fraction of sp³-hybridized carbons (Fsp3) is 0.720. The van der Waals surface area contributed by atoms with Crippen molar-refractivity contribution < 1.29 is 9.18 Å². The summed E-state index contributed by atoms with van der Waals surface area (Å²) in [5, 5.41) is 0. The molecule has 0 radical (unpaired) electrons. The first kappa shape index (κ1) is 22.1. The average Bonchev–Trinajstić information content (AvgIpc) is 3.39. The number of hydrogen-bond acceptors (Lipinski definition) is 1. The Morgan fingerprint density at radius 1 is 0.741 bits per heavy atom. The van der Waals surface area contributed by atoms with E-state index < -0.39 is 5.67 Å². The molecule has 1 aliphatic rings. The molecule has 1 nitrogen and oxygen atoms in total. The van der Waals surface area contributed by atoms with Gasteiger partial charge in [-0.3, -0.25) is 4.79 Å². The minimum atomic E-state index is -1.10. The summed E-state index contributed by atoms with van der Waals surface area (Å²) < 4.78 is 13.5. The Bertz CT molecular complexity index is 506. The second-order valence-electron chi connectivity index (χ2n) is 8.59. The monoisotopic (exact) mass is 374 g/mol. The molecule has 1 aromatic carbocycles. The number of carbonyl (C=O) groups excluding carboxylic acids is 1. The van der Waals surface area contributed by atoms with Crippen LogP contribution < -0.4 is 0 Å². The molecule has 1 saturated carbocycles. The van der Waals surface area contributed by atoms with Crippen molar-refractivity contribution in [1.29, 1.82) is 0 Å². The van der Waals surface area contributed by atoms with Gasteiger partial charge in [0.2, 0.25) is 0 Å². The van der Waals surface area contributed by atoms with Gasteiger partial charge in [0.05, 0.1) is 0 Å². The molecule has 0 N–H and O–H groups in total. The van der Waals surface area contributed by atoms with Gasteiger partial charge in [-0.25, -0.2) is 4.39 Å². The van der Waals surface area contributed by atoms with Crippen LogP contribution in [0.3, 0.4) is 0 Å². The van der Waals surface area contributed by atoms with E-state index in [-0.39, 0.29) is 12.2 Å². The summed E-state index contributed by atoms with van der Waals surface area (Å²) in [5.74, 6) is 0.138. The average molecular weight is 375 g/mol. The lowest BCUT2D eigenvalue weighted by molar-refractivity contribution is -0.120. The van der Waals surface area contributed by atoms with Crippen molar-refractivity contribution in [3.05, 3.63) is 35.9 Å². The highest BCUT2D eigenvalue weighted by Crippen LogP contribution is 2.43. The van der Waals surface area contributed by atoms with Gasteiger partial charge in [-0.15, -0.1) is 0 Å². The summed E-state index contributed by atoms with van der Waals surface area (Å²) in [6.45, 7) is 0. The van der Waals surface area contributed by atoms with E-state index in [4.69, 9.17) is 0 Å². The number of Topliss-reactive ketones (excluding diaryl/α,β-unsaturated/α-hetero) is 1. The van der Waals surface area contributed by atoms with E-state index in [1.165, 1.54) is 76.2 Å². The fourth-order valence-corrected chi connectivity index (χ4v) is 3.82. The maximum atomic E-state index is 13.5. The number of carbonyl (C=O) groups is 1. The van der Waals surface area contributed by atoms with Crippen LogP contribution in [0, 0.1) is 0 Å². The van der Waals surface area contributed by atoms with Crippen LogP contribution in [0.5, 0.6) is 0 Å². The van der Waals surface area contributed by atoms with Crippen LogP contribution in [0.15, 0.2) is 30.3 Å². The first-order valence-corrected chi connectivity index (χ1v) is 11.4. The molecule has 1 fully saturated rings. The molecule has 0 saturated heterocycles. The minimum absolute atomic E-state index is 0.138. The largest absolute Gasteiger partial charge is 0.300 e. The quantitative estimate of drug-likeness (QED) is 0.255. The summed E-state index contributed by atoms with van der Waals surface area (Å²) in [5.41, 5.74) is 0.370. The highest BCUT2D eigenvalue weighted by molar-refractivity contribution is 5.79. The third kappa shape index (κ3) is 11.3. The van der Waals surface area contributed by atoms with Gasteiger partial charge in [0, 0.05) is 12.8 Å². The number of unbranched alkanes of at least 4 members (excludes halogenated alkanes) is 11. The van der Waals surface area contributed by atoms with Gasteiger partial charge in [0.15, 0.2) is 0 Å². The third-order valence-electron chi connectivity index (χ3n) is 5.82. The van der Waals surface area contributed by atoms with Gasteiger partial charge in [-0.05, 0) is 37.7 Å². The first-order chi connectivity index (χ1) is 13.2. The zero-order chi connectivity index (χ0) is 19.2. The van der Waals surface area contributed by atoms with E-state index in [9.17, 15) is 9.18 Å². The van der Waals surface area contributed by atoms with E-state index in [0.29, 0.717) is 19.3 Å². The second-order valence-corrected chi connectivity index (χ2v) is 8.59. The maximum Gasteiger partial charge on any atom is 0.136 e. The lowest BCUT2D eigenvalue weighted by Crippen LogP contribution is -2.09. The SMILES string of the molecule is O=C(CCCCCCCCCCCCCCc1ccccc1)CC1(F)CC1. The molecule has 2 heteroatoms. The van der Waals surface area contributed by atoms with Crippen LogP contribution in [-0.2, 0) is 11.2 Å². The molecule has 1 aliphatic carbocycles. The zero-order valence-corrected chi connectivity index (χ0v) is 17.2. The lowest BCUT2D eigenvalue weighted by Gasteiger charge is -2.05. The highest BCUT2D eigenvalue weighted by Gasteiger charge is 2.44. The minimum Gasteiger partial charge on any atom is -0.300 e. The molecule has 0 spiro atoms. The molecule has 0 amide bonds. The number of alkyl halides is 1. The predicted molar refractivity (Wildman–Crippen MR) is 113 cm³/mol. The van der Waals surface area contributed by atoms with Crippen LogP contribution in [0.25, 0.3) is 0 Å². The molecular weight excluding hydrogens is 335 g/mol. The van der Waals surface area contributed by atoms with Gasteiger partial charge < -0.3 is 0 Å². The molecule has 0 bridgehead atoms. The standard InChI is InChI=1S/C25H39FO/c26-25(20-21-25)22-24(27)19-15-10-8-6-4-2-1-3-5-7-9-12-16-23-17-13-11-14-18-23/h11,13-14,17-18H,1-10,12,15-16,19-22H2. The first-order valence-electron chi connectivity index (χ1n) is 11.4. The fourth-order valence-electron chi connectivity index (χ4n) is 3.82. The lowest BCUT2D eigenvalue weighted by atomic mass is 10.0. The molecular formula is C25H39FO. The summed E-state index contributed by atoms with van der Waals surface area (Å²) >= 11 is 0. The van der Waals surface area contributed by atoms with Gasteiger partial charge in [-0.1, -0.05) is 94.5 Å². The number of benzene rings is 1. The molecule has 0 atom stereocenters. The predicted octanol–water partition coefficient (Wildman–Crippen LogP) is 7.76. The Morgan fingerprint density at radius 3 is 1.74 bits per heavy atom. The van der Waals surface area contributed by atoms with Gasteiger partial charge >= 0.3 is 0 Å². The summed E-state index contributed by atoms with van der Waals surface area (Å²) in [7, 11) is 0. The molecule has 0 unspecified atom stereocenters. The Kier molecular flexibility index (Phi) is 10.7. The summed E-state index contributed by atoms with van der Waals surface area (Å²) in [6.07, 6.45) is 18.7. The van der Waals surface area contributed by atoms with E-state index in [1.807, 2.05) is 0 Å². The molecule has 27 heavy (non-hydrogen) atoms. The highest BCUT2D eigenvalue weighted by atomic mass is 19.1. The van der Waals surface area contributed by atoms with E-state index in [1.54, 1.807) is 0 Å². The summed E-state index contributed by atoms with van der Waals surface area (Å²) in [6, 6.07) is 10.8. The molecule has 2 rings (SSSR count). The van der Waals surface area contributed by atoms with Crippen molar-refractivity contribution >= 4 is 5.78 Å². The number of rotatable bonds is 17. The number of hydrogen-bond donors (Lipinski definition) is 0. The van der Waals surface area contributed by atoms with Crippen molar-refractivity contribution in [3.63, 3.8) is 0 Å². The molecule has 0 aromatic heterocycles. The van der Waals surface area contributed by atoms with E-state index in [0.717, 1.165) is 12.8 Å². The van der Waals surface area contributed by atoms with Crippen LogP contribution in [0.2, 0.25) is 0 Å². The van der Waals surface area contributed by atoms with Crippen molar-refractivity contribution in [2.24, 2.45) is 0 Å². The van der Waals surface area contributed by atoms with Gasteiger partial charge in [0.1, 0.15) is 11.5 Å². The Morgan fingerprint density at radius 2 is 1.22 bits per heavy atom. The van der Waals surface area contributed by atoms with Gasteiger partial charge in [0.25, 0.3) is 0 Å². The van der Waals surface area contributed by atoms with Crippen molar-refractivity contribution in [2.75, 3.05) is 0 Å². The zero-order valence-electron chi connectivity index (χ0n) is 17.2. The van der Waals surface area contributed by atoms with E-state index >= 15 is 0 Å². The number of halogens is 1. The summed E-state index contributed by atoms with van der Waals surface area (Å²) in [4.78, 5) is 11.6. The normalized spacial score (nSPS) is 15.0. The van der Waals surface area contributed by atoms with Crippen molar-refractivity contribution in [3.8, 4) is 0 Å². The van der Waals surface area contributed by atoms with Crippen molar-refractivity contribution in [2.45, 2.75) is 115 Å². The van der Waals surface area contributed by atoms with Crippen molar-refractivity contribution in [1.82, 2.24) is 0 Å². The number of aryl methyl sites for hydroxylation is 1. The Balaban J connectivity index is 1.26. The van der Waals surface area contributed by atoms with Crippen LogP contribution in [0.1, 0.15) is 108 Å². The smallest absolute Gasteiger partial charge is 0.136 e. The number of ketones is 1. The van der Waals surface area contributed by atoms with Crippen LogP contribution in [-0.4, -0.2) is 11.5 Å². The second kappa shape index (κ2) is 13.1. The van der Waals surface area contributed by atoms with Gasteiger partial charge in [-0.2, -0.15) is 0 Å². The van der Waals surface area contributed by atoms with Crippen LogP contribution in [0.4, 0.5) is 4.39 Å². The molecule has 1 aromatic rings. The molecule has 0 heterocycles. The van der Waals surface area contributed by atoms with E-state index in [2.05, 4.69) is 30.3 Å². The maximum absolute atomic E-state index is 13.5. The molecule has 0 aliphatic heterocycles.